The first-order valence-corrected chi connectivity index (χ1v) is 13.4. The first-order chi connectivity index (χ1) is 19.1. The van der Waals surface area contributed by atoms with Crippen molar-refractivity contribution < 1.29 is 28.2 Å². The number of methoxy groups -OCH3 is 1. The maximum absolute atomic E-state index is 14.1. The lowest BCUT2D eigenvalue weighted by atomic mass is 9.85. The van der Waals surface area contributed by atoms with E-state index in [-0.39, 0.29) is 56.4 Å². The van der Waals surface area contributed by atoms with Crippen molar-refractivity contribution in [3.05, 3.63) is 82.9 Å². The zero-order valence-corrected chi connectivity index (χ0v) is 23.4. The number of nitrogens with two attached hydrogens (primary N) is 1. The van der Waals surface area contributed by atoms with Gasteiger partial charge in [0, 0.05) is 25.4 Å². The van der Waals surface area contributed by atoms with Crippen molar-refractivity contribution in [2.24, 2.45) is 11.8 Å². The molecule has 2 aliphatic rings. The summed E-state index contributed by atoms with van der Waals surface area (Å²) in [5.41, 5.74) is 1.20. The van der Waals surface area contributed by atoms with E-state index in [0.29, 0.717) is 17.8 Å². The Bertz CT molecular complexity index is 1270. The average Bonchev–Trinajstić information content (AvgIpc) is 3.16. The number of carbonyl (C=O) groups excluding carboxylic acids is 3. The quantitative estimate of drug-likeness (QED) is 0.276. The van der Waals surface area contributed by atoms with Gasteiger partial charge < -0.3 is 19.3 Å². The number of fused-ring (bicyclic) bond motifs is 1. The Balaban J connectivity index is 1.63. The van der Waals surface area contributed by atoms with Crippen molar-refractivity contribution in [3.8, 4) is 0 Å². The number of carbonyl (C=O) groups is 3. The molecule has 0 radical (unpaired) electrons. The van der Waals surface area contributed by atoms with Crippen molar-refractivity contribution in [2.45, 2.75) is 45.4 Å². The number of rotatable bonds is 10. The third-order valence-electron chi connectivity index (χ3n) is 7.57. The van der Waals surface area contributed by atoms with Gasteiger partial charge in [0.25, 0.3) is 5.91 Å². The first-order valence-electron chi connectivity index (χ1n) is 13.4. The molecule has 10 heteroatoms. The van der Waals surface area contributed by atoms with Crippen LogP contribution >= 0.6 is 0 Å². The van der Waals surface area contributed by atoms with Gasteiger partial charge in [-0.1, -0.05) is 56.3 Å². The van der Waals surface area contributed by atoms with E-state index in [1.165, 1.54) is 19.2 Å². The van der Waals surface area contributed by atoms with E-state index >= 15 is 0 Å². The maximum atomic E-state index is 14.1. The Kier molecular flexibility index (Phi) is 8.90. The number of halogens is 1. The highest BCUT2D eigenvalue weighted by atomic mass is 19.1. The van der Waals surface area contributed by atoms with Crippen LogP contribution in [0.4, 0.5) is 4.39 Å². The van der Waals surface area contributed by atoms with E-state index in [9.17, 15) is 18.8 Å². The monoisotopic (exact) mass is 552 g/mol. The molecule has 2 aromatic carbocycles. The van der Waals surface area contributed by atoms with E-state index in [1.807, 2.05) is 30.3 Å². The van der Waals surface area contributed by atoms with Crippen molar-refractivity contribution in [1.82, 2.24) is 14.8 Å². The minimum absolute atomic E-state index is 0.0984. The molecule has 9 nitrogen and oxygen atoms in total. The van der Waals surface area contributed by atoms with Crippen LogP contribution in [0.1, 0.15) is 31.9 Å². The van der Waals surface area contributed by atoms with E-state index in [1.54, 1.807) is 42.7 Å². The van der Waals surface area contributed by atoms with E-state index in [4.69, 9.17) is 15.3 Å². The lowest BCUT2D eigenvalue weighted by Crippen LogP contribution is -2.67. The molecule has 3 amide bonds. The number of hydrogen-bond donors (Lipinski definition) is 1. The number of ether oxygens (including phenoxy) is 2. The van der Waals surface area contributed by atoms with Crippen LogP contribution < -0.4 is 5.84 Å². The molecule has 2 heterocycles. The van der Waals surface area contributed by atoms with Crippen molar-refractivity contribution in [3.63, 3.8) is 0 Å². The molecule has 1 saturated heterocycles. The van der Waals surface area contributed by atoms with Gasteiger partial charge in [-0.15, -0.1) is 0 Å². The van der Waals surface area contributed by atoms with Crippen LogP contribution in [-0.4, -0.2) is 77.5 Å². The molecule has 2 atom stereocenters. The second-order valence-electron chi connectivity index (χ2n) is 10.6. The molecule has 1 unspecified atom stereocenters. The molecule has 0 bridgehead atoms. The molecular weight excluding hydrogens is 515 g/mol. The van der Waals surface area contributed by atoms with Crippen molar-refractivity contribution >= 4 is 17.7 Å². The van der Waals surface area contributed by atoms with Crippen LogP contribution in [0.25, 0.3) is 0 Å². The summed E-state index contributed by atoms with van der Waals surface area (Å²) in [6.07, 6.45) is 0.315. The summed E-state index contributed by atoms with van der Waals surface area (Å²) < 4.78 is 25.3. The number of hydrogen-bond acceptors (Lipinski definition) is 6. The molecule has 2 aliphatic heterocycles. The fourth-order valence-electron chi connectivity index (χ4n) is 5.55. The summed E-state index contributed by atoms with van der Waals surface area (Å²) in [4.78, 5) is 43.5. The number of piperazine rings is 1. The SMILES string of the molecule is COC1=C(C)C(=O)N2CCN(C(=O)[C@@H](COCc3ccccc3)N(N)C(=O)C(C)C)CC12Cc1ccc(F)cc1. The second kappa shape index (κ2) is 12.2. The number of benzene rings is 2. The highest BCUT2D eigenvalue weighted by Gasteiger charge is 2.55. The number of hydrazine groups is 1. The molecule has 0 saturated carbocycles. The maximum Gasteiger partial charge on any atom is 0.253 e. The first kappa shape index (κ1) is 29.2. The Morgan fingerprint density at radius 1 is 1.07 bits per heavy atom. The predicted molar refractivity (Wildman–Crippen MR) is 147 cm³/mol. The summed E-state index contributed by atoms with van der Waals surface area (Å²) >= 11 is 0. The Morgan fingerprint density at radius 3 is 2.38 bits per heavy atom. The molecule has 214 valence electrons. The molecule has 0 spiro atoms. The number of amides is 3. The van der Waals surface area contributed by atoms with Gasteiger partial charge in [-0.05, 0) is 30.2 Å². The van der Waals surface area contributed by atoms with Gasteiger partial charge in [0.2, 0.25) is 11.8 Å². The van der Waals surface area contributed by atoms with Gasteiger partial charge in [0.1, 0.15) is 23.2 Å². The lowest BCUT2D eigenvalue weighted by Gasteiger charge is -2.48. The van der Waals surface area contributed by atoms with Crippen molar-refractivity contribution in [1.29, 1.82) is 0 Å². The van der Waals surface area contributed by atoms with Crippen LogP contribution in [0.5, 0.6) is 0 Å². The fraction of sp³-hybridized carbons (Fsp3) is 0.433. The third kappa shape index (κ3) is 5.73. The van der Waals surface area contributed by atoms with Crippen LogP contribution in [0.15, 0.2) is 65.9 Å². The average molecular weight is 553 g/mol. The summed E-state index contributed by atoms with van der Waals surface area (Å²) in [6, 6.07) is 14.5. The zero-order chi connectivity index (χ0) is 29.0. The van der Waals surface area contributed by atoms with Crippen LogP contribution in [0, 0.1) is 11.7 Å². The van der Waals surface area contributed by atoms with Gasteiger partial charge in [-0.2, -0.15) is 0 Å². The lowest BCUT2D eigenvalue weighted by molar-refractivity contribution is -0.155. The molecule has 0 aliphatic carbocycles. The zero-order valence-electron chi connectivity index (χ0n) is 23.4. The molecule has 2 N–H and O–H groups in total. The standard InChI is InChI=1S/C30H37FN4O5/c1-20(2)27(36)35(32)25(18-40-17-23-8-6-5-7-9-23)29(38)33-14-15-34-28(37)21(3)26(39-4)30(34,19-33)16-22-10-12-24(31)13-11-22/h5-13,20,25H,14-19,32H2,1-4H3/t25-,30?/m1/s1. The Morgan fingerprint density at radius 2 is 1.75 bits per heavy atom. The van der Waals surface area contributed by atoms with E-state index in [2.05, 4.69) is 0 Å². The minimum Gasteiger partial charge on any atom is -0.498 e. The number of nitrogens with zero attached hydrogens (tertiary/aromatic N) is 3. The van der Waals surface area contributed by atoms with Crippen LogP contribution in [0.2, 0.25) is 0 Å². The normalized spacial score (nSPS) is 19.6. The predicted octanol–water partition coefficient (Wildman–Crippen LogP) is 2.66. The summed E-state index contributed by atoms with van der Waals surface area (Å²) in [5.74, 6) is 5.01. The van der Waals surface area contributed by atoms with E-state index < -0.39 is 17.5 Å². The largest absolute Gasteiger partial charge is 0.498 e. The van der Waals surface area contributed by atoms with Gasteiger partial charge >= 0.3 is 0 Å². The van der Waals surface area contributed by atoms with Crippen LogP contribution in [-0.2, 0) is 36.9 Å². The second-order valence-corrected chi connectivity index (χ2v) is 10.6. The summed E-state index contributed by atoms with van der Waals surface area (Å²) in [7, 11) is 1.51. The Labute approximate surface area is 234 Å². The highest BCUT2D eigenvalue weighted by Crippen LogP contribution is 2.41. The Hall–Kier alpha value is -3.76. The molecule has 40 heavy (non-hydrogen) atoms. The van der Waals surface area contributed by atoms with Crippen molar-refractivity contribution in [2.75, 3.05) is 33.4 Å². The minimum atomic E-state index is -1.07. The van der Waals surface area contributed by atoms with Crippen LogP contribution in [0.3, 0.4) is 0 Å². The highest BCUT2D eigenvalue weighted by molar-refractivity contribution is 5.98. The summed E-state index contributed by atoms with van der Waals surface area (Å²) in [5, 5.41) is 0.967. The van der Waals surface area contributed by atoms with Gasteiger partial charge in [0.15, 0.2) is 0 Å². The fourth-order valence-corrected chi connectivity index (χ4v) is 5.55. The molecule has 2 aromatic rings. The van der Waals surface area contributed by atoms with E-state index in [0.717, 1.165) is 16.1 Å². The summed E-state index contributed by atoms with van der Waals surface area (Å²) in [6.45, 7) is 5.92. The molecule has 1 fully saturated rings. The molecule has 0 aromatic heterocycles. The van der Waals surface area contributed by atoms with Gasteiger partial charge in [-0.25, -0.2) is 10.2 Å². The molecule has 4 rings (SSSR count). The van der Waals surface area contributed by atoms with Gasteiger partial charge in [-0.3, -0.25) is 19.4 Å². The third-order valence-corrected chi connectivity index (χ3v) is 7.57. The topological polar surface area (TPSA) is 105 Å². The smallest absolute Gasteiger partial charge is 0.253 e. The molecular formula is C30H37FN4O5. The van der Waals surface area contributed by atoms with Gasteiger partial charge in [0.05, 0.1) is 32.4 Å².